The summed E-state index contributed by atoms with van der Waals surface area (Å²) in [5.41, 5.74) is 0.858. The maximum Gasteiger partial charge on any atom is 0.306 e. The van der Waals surface area contributed by atoms with Crippen molar-refractivity contribution in [3.63, 3.8) is 0 Å². The number of amides is 1. The number of nitrogens with zero attached hydrogens (tertiary/aromatic N) is 1. The molecule has 156 valence electrons. The summed E-state index contributed by atoms with van der Waals surface area (Å²) in [6.45, 7) is 5.53. The van der Waals surface area contributed by atoms with Crippen molar-refractivity contribution in [1.82, 2.24) is 4.90 Å². The predicted octanol–water partition coefficient (Wildman–Crippen LogP) is 2.69. The zero-order valence-corrected chi connectivity index (χ0v) is 17.4. The van der Waals surface area contributed by atoms with E-state index in [0.29, 0.717) is 35.5 Å². The lowest BCUT2D eigenvalue weighted by Gasteiger charge is -2.34. The van der Waals surface area contributed by atoms with E-state index in [1.807, 2.05) is 0 Å². The van der Waals surface area contributed by atoms with Crippen molar-refractivity contribution in [2.45, 2.75) is 33.1 Å². The molecule has 0 bridgehead atoms. The molecule has 1 aliphatic rings. The van der Waals surface area contributed by atoms with Crippen LogP contribution in [-0.4, -0.2) is 57.8 Å². The highest BCUT2D eigenvalue weighted by molar-refractivity contribution is 5.80. The minimum absolute atomic E-state index is 0.125. The number of methoxy groups -OCH3 is 3. The third kappa shape index (κ3) is 5.78. The Bertz CT molecular complexity index is 654. The number of likely N-dealkylation sites (tertiary alicyclic amines) is 1. The van der Waals surface area contributed by atoms with E-state index in [-0.39, 0.29) is 18.9 Å². The van der Waals surface area contributed by atoms with E-state index in [9.17, 15) is 9.59 Å². The number of rotatable bonds is 8. The Morgan fingerprint density at radius 3 is 2.07 bits per heavy atom. The van der Waals surface area contributed by atoms with Crippen LogP contribution in [0.5, 0.6) is 17.2 Å². The second-order valence-corrected chi connectivity index (χ2v) is 7.44. The quantitative estimate of drug-likeness (QED) is 0.632. The number of benzene rings is 1. The van der Waals surface area contributed by atoms with Crippen LogP contribution >= 0.6 is 0 Å². The van der Waals surface area contributed by atoms with E-state index in [4.69, 9.17) is 18.9 Å². The number of aryl methyl sites for hydroxylation is 1. The first-order valence-corrected chi connectivity index (χ1v) is 9.60. The smallest absolute Gasteiger partial charge is 0.306 e. The minimum atomic E-state index is -0.403. The topological polar surface area (TPSA) is 74.3 Å². The molecule has 2 atom stereocenters. The normalized spacial score (nSPS) is 19.1. The largest absolute Gasteiger partial charge is 0.493 e. The molecule has 0 spiro atoms. The van der Waals surface area contributed by atoms with Crippen LogP contribution in [0.4, 0.5) is 0 Å². The molecule has 0 radical (unpaired) electrons. The summed E-state index contributed by atoms with van der Waals surface area (Å²) in [5, 5.41) is 0. The average molecular weight is 393 g/mol. The van der Waals surface area contributed by atoms with Crippen molar-refractivity contribution < 1.29 is 28.5 Å². The van der Waals surface area contributed by atoms with E-state index >= 15 is 0 Å². The van der Waals surface area contributed by atoms with Crippen LogP contribution in [0.25, 0.3) is 0 Å². The highest BCUT2D eigenvalue weighted by Crippen LogP contribution is 2.38. The maximum atomic E-state index is 12.3. The Morgan fingerprint density at radius 2 is 1.57 bits per heavy atom. The average Bonchev–Trinajstić information content (AvgIpc) is 2.68. The van der Waals surface area contributed by atoms with Crippen molar-refractivity contribution in [2.75, 3.05) is 41.0 Å². The van der Waals surface area contributed by atoms with Gasteiger partial charge in [0.05, 0.1) is 21.3 Å². The number of ether oxygens (including phenoxy) is 4. The van der Waals surface area contributed by atoms with Gasteiger partial charge in [0.25, 0.3) is 5.91 Å². The summed E-state index contributed by atoms with van der Waals surface area (Å²) < 4.78 is 21.1. The van der Waals surface area contributed by atoms with Gasteiger partial charge in [-0.25, -0.2) is 0 Å². The van der Waals surface area contributed by atoms with Crippen LogP contribution < -0.4 is 14.2 Å². The number of carbonyl (C=O) groups excluding carboxylic acids is 2. The predicted molar refractivity (Wildman–Crippen MR) is 105 cm³/mol. The highest BCUT2D eigenvalue weighted by atomic mass is 16.5. The van der Waals surface area contributed by atoms with Gasteiger partial charge in [-0.15, -0.1) is 0 Å². The van der Waals surface area contributed by atoms with Crippen molar-refractivity contribution in [3.8, 4) is 17.2 Å². The van der Waals surface area contributed by atoms with E-state index in [2.05, 4.69) is 13.8 Å². The zero-order chi connectivity index (χ0) is 20.7. The summed E-state index contributed by atoms with van der Waals surface area (Å²) >= 11 is 0. The molecule has 1 heterocycles. The summed E-state index contributed by atoms with van der Waals surface area (Å²) in [6, 6.07) is 3.60. The Morgan fingerprint density at radius 1 is 1.00 bits per heavy atom. The fourth-order valence-electron chi connectivity index (χ4n) is 3.70. The fourth-order valence-corrected chi connectivity index (χ4v) is 3.70. The number of carbonyl (C=O) groups is 2. The minimum Gasteiger partial charge on any atom is -0.493 e. The van der Waals surface area contributed by atoms with Crippen molar-refractivity contribution >= 4 is 11.9 Å². The SMILES string of the molecule is COc1cc(CCC(=O)OCC(=O)N2C[C@@H](C)C[C@H](C)C2)cc(OC)c1OC. The molecule has 1 fully saturated rings. The molecule has 0 saturated carbocycles. The van der Waals surface area contributed by atoms with Gasteiger partial charge in [0.2, 0.25) is 5.75 Å². The number of hydrogen-bond acceptors (Lipinski definition) is 6. The third-order valence-corrected chi connectivity index (χ3v) is 4.92. The van der Waals surface area contributed by atoms with Crippen LogP contribution in [0.2, 0.25) is 0 Å². The molecule has 7 nitrogen and oxygen atoms in total. The van der Waals surface area contributed by atoms with Crippen molar-refractivity contribution in [2.24, 2.45) is 11.8 Å². The summed E-state index contributed by atoms with van der Waals surface area (Å²) in [6.07, 6.45) is 1.73. The summed E-state index contributed by atoms with van der Waals surface area (Å²) in [7, 11) is 4.63. The first kappa shape index (κ1) is 21.9. The number of piperidine rings is 1. The number of esters is 1. The number of hydrogen-bond donors (Lipinski definition) is 0. The standard InChI is InChI=1S/C21H31NO6/c1-14-8-15(2)12-22(11-14)19(23)13-28-20(24)7-6-16-9-17(25-3)21(27-5)18(10-16)26-4/h9-10,14-15H,6-8,11-13H2,1-5H3/t14-,15-/m0/s1. The second kappa shape index (κ2) is 10.2. The Balaban J connectivity index is 1.86. The van der Waals surface area contributed by atoms with E-state index in [1.54, 1.807) is 31.3 Å². The molecule has 7 heteroatoms. The molecule has 1 saturated heterocycles. The van der Waals surface area contributed by atoms with Gasteiger partial charge in [0, 0.05) is 19.5 Å². The lowest BCUT2D eigenvalue weighted by atomic mass is 9.92. The van der Waals surface area contributed by atoms with Crippen LogP contribution in [0.3, 0.4) is 0 Å². The molecule has 0 N–H and O–H groups in total. The molecule has 0 aromatic heterocycles. The van der Waals surface area contributed by atoms with Gasteiger partial charge in [-0.05, 0) is 42.4 Å². The first-order chi connectivity index (χ1) is 13.4. The van der Waals surface area contributed by atoms with Gasteiger partial charge in [0.1, 0.15) is 0 Å². The van der Waals surface area contributed by atoms with Gasteiger partial charge in [-0.3, -0.25) is 9.59 Å². The summed E-state index contributed by atoms with van der Waals surface area (Å²) in [5.74, 6) is 2.00. The molecule has 0 unspecified atom stereocenters. The molecule has 1 amide bonds. The summed E-state index contributed by atoms with van der Waals surface area (Å²) in [4.78, 5) is 26.2. The van der Waals surface area contributed by atoms with Crippen LogP contribution in [0.1, 0.15) is 32.3 Å². The molecule has 1 aromatic carbocycles. The Labute approximate surface area is 166 Å². The van der Waals surface area contributed by atoms with Crippen molar-refractivity contribution in [1.29, 1.82) is 0 Å². The van der Waals surface area contributed by atoms with Gasteiger partial charge in [0.15, 0.2) is 18.1 Å². The zero-order valence-electron chi connectivity index (χ0n) is 17.4. The van der Waals surface area contributed by atoms with E-state index < -0.39 is 5.97 Å². The monoisotopic (exact) mass is 393 g/mol. The molecule has 2 rings (SSSR count). The molecule has 1 aliphatic heterocycles. The maximum absolute atomic E-state index is 12.3. The second-order valence-electron chi connectivity index (χ2n) is 7.44. The molecule has 28 heavy (non-hydrogen) atoms. The van der Waals surface area contributed by atoms with Gasteiger partial charge < -0.3 is 23.8 Å². The van der Waals surface area contributed by atoms with Crippen LogP contribution in [0, 0.1) is 11.8 Å². The molecule has 0 aliphatic carbocycles. The Hall–Kier alpha value is -2.44. The van der Waals surface area contributed by atoms with E-state index in [1.165, 1.54) is 7.11 Å². The van der Waals surface area contributed by atoms with Gasteiger partial charge >= 0.3 is 5.97 Å². The molecular weight excluding hydrogens is 362 g/mol. The Kier molecular flexibility index (Phi) is 7.96. The first-order valence-electron chi connectivity index (χ1n) is 9.60. The lowest BCUT2D eigenvalue weighted by Crippen LogP contribution is -2.44. The fraction of sp³-hybridized carbons (Fsp3) is 0.619. The van der Waals surface area contributed by atoms with Crippen molar-refractivity contribution in [3.05, 3.63) is 17.7 Å². The molecule has 1 aromatic rings. The van der Waals surface area contributed by atoms with Crippen LogP contribution in [0.15, 0.2) is 12.1 Å². The lowest BCUT2D eigenvalue weighted by molar-refractivity contribution is -0.153. The third-order valence-electron chi connectivity index (χ3n) is 4.92. The van der Waals surface area contributed by atoms with Gasteiger partial charge in [-0.1, -0.05) is 13.8 Å². The molecular formula is C21H31NO6. The highest BCUT2D eigenvalue weighted by Gasteiger charge is 2.26. The van der Waals surface area contributed by atoms with Crippen LogP contribution in [-0.2, 0) is 20.7 Å². The van der Waals surface area contributed by atoms with E-state index in [0.717, 1.165) is 25.1 Å². The van der Waals surface area contributed by atoms with Gasteiger partial charge in [-0.2, -0.15) is 0 Å².